The Kier molecular flexibility index (Phi) is 4.59. The minimum atomic E-state index is -0.373. The fourth-order valence-electron chi connectivity index (χ4n) is 1.81. The van der Waals surface area contributed by atoms with Gasteiger partial charge in [0.15, 0.2) is 0 Å². The van der Waals surface area contributed by atoms with Gasteiger partial charge in [-0.3, -0.25) is 9.59 Å². The zero-order valence-electron chi connectivity index (χ0n) is 9.58. The van der Waals surface area contributed by atoms with Gasteiger partial charge in [-0.2, -0.15) is 0 Å². The summed E-state index contributed by atoms with van der Waals surface area (Å²) in [5.74, 6) is 0.0227. The summed E-state index contributed by atoms with van der Waals surface area (Å²) in [4.78, 5) is 24.9. The second-order valence-electron chi connectivity index (χ2n) is 4.07. The van der Waals surface area contributed by atoms with E-state index in [0.717, 1.165) is 32.4 Å². The monoisotopic (exact) mass is 212 g/mol. The molecule has 0 saturated carbocycles. The molecule has 4 nitrogen and oxygen atoms in total. The molecule has 1 aliphatic heterocycles. The summed E-state index contributed by atoms with van der Waals surface area (Å²) in [7, 11) is 0. The average molecular weight is 212 g/mol. The largest absolute Gasteiger partial charge is 0.345 e. The third kappa shape index (κ3) is 3.53. The van der Waals surface area contributed by atoms with Gasteiger partial charge in [-0.15, -0.1) is 0 Å². The number of carbonyl (C=O) groups excluding carboxylic acids is 2. The van der Waals surface area contributed by atoms with Crippen molar-refractivity contribution in [3.63, 3.8) is 0 Å². The van der Waals surface area contributed by atoms with E-state index < -0.39 is 0 Å². The van der Waals surface area contributed by atoms with Crippen molar-refractivity contribution < 1.29 is 9.59 Å². The molecule has 0 aromatic carbocycles. The molecule has 1 fully saturated rings. The van der Waals surface area contributed by atoms with Gasteiger partial charge in [0.1, 0.15) is 6.04 Å². The maximum absolute atomic E-state index is 11.8. The Labute approximate surface area is 91.0 Å². The van der Waals surface area contributed by atoms with Crippen LogP contribution >= 0.6 is 0 Å². The molecule has 0 aromatic rings. The lowest BCUT2D eigenvalue weighted by Gasteiger charge is -2.20. The summed E-state index contributed by atoms with van der Waals surface area (Å²) in [6, 6.07) is -0.373. The molecule has 0 aliphatic carbocycles. The van der Waals surface area contributed by atoms with Crippen molar-refractivity contribution in [1.29, 1.82) is 0 Å². The van der Waals surface area contributed by atoms with Crippen LogP contribution in [0.15, 0.2) is 0 Å². The van der Waals surface area contributed by atoms with Crippen molar-refractivity contribution in [2.45, 2.75) is 45.6 Å². The minimum absolute atomic E-state index is 0.0300. The number of amides is 2. The highest BCUT2D eigenvalue weighted by Crippen LogP contribution is 2.08. The molecule has 1 aliphatic rings. The van der Waals surface area contributed by atoms with Crippen molar-refractivity contribution >= 4 is 11.8 Å². The molecular formula is C11H20N2O2. The van der Waals surface area contributed by atoms with Gasteiger partial charge in [-0.1, -0.05) is 6.92 Å². The maximum atomic E-state index is 11.8. The summed E-state index contributed by atoms with van der Waals surface area (Å²) in [6.07, 6.45) is 3.48. The SMILES string of the molecule is CCCC(=O)N[C@@H](C)C(=O)N1CCCC1. The molecule has 2 amide bonds. The van der Waals surface area contributed by atoms with Crippen LogP contribution in [0.3, 0.4) is 0 Å². The van der Waals surface area contributed by atoms with E-state index in [1.807, 2.05) is 11.8 Å². The van der Waals surface area contributed by atoms with Gasteiger partial charge in [-0.05, 0) is 26.2 Å². The zero-order valence-corrected chi connectivity index (χ0v) is 9.58. The predicted octanol–water partition coefficient (Wildman–Crippen LogP) is 0.914. The van der Waals surface area contributed by atoms with E-state index >= 15 is 0 Å². The molecule has 1 rings (SSSR count). The van der Waals surface area contributed by atoms with Gasteiger partial charge in [0.05, 0.1) is 0 Å². The van der Waals surface area contributed by atoms with Crippen molar-refractivity contribution in [3.05, 3.63) is 0 Å². The predicted molar refractivity (Wildman–Crippen MR) is 58.3 cm³/mol. The highest BCUT2D eigenvalue weighted by Gasteiger charge is 2.23. The van der Waals surface area contributed by atoms with Crippen LogP contribution in [0, 0.1) is 0 Å². The maximum Gasteiger partial charge on any atom is 0.244 e. The standard InChI is InChI=1S/C11H20N2O2/c1-3-6-10(14)12-9(2)11(15)13-7-4-5-8-13/h9H,3-8H2,1-2H3,(H,12,14)/t9-/m0/s1. The van der Waals surface area contributed by atoms with Gasteiger partial charge in [0.25, 0.3) is 0 Å². The molecule has 1 heterocycles. The fraction of sp³-hybridized carbons (Fsp3) is 0.818. The summed E-state index contributed by atoms with van der Waals surface area (Å²) in [5.41, 5.74) is 0. The van der Waals surface area contributed by atoms with Crippen LogP contribution in [0.5, 0.6) is 0 Å². The van der Waals surface area contributed by atoms with Crippen LogP contribution in [0.4, 0.5) is 0 Å². The first-order valence-electron chi connectivity index (χ1n) is 5.73. The number of hydrogen-bond donors (Lipinski definition) is 1. The Hall–Kier alpha value is -1.06. The first kappa shape index (κ1) is 12.0. The van der Waals surface area contributed by atoms with Crippen LogP contribution in [0.1, 0.15) is 39.5 Å². The number of nitrogens with zero attached hydrogens (tertiary/aromatic N) is 1. The van der Waals surface area contributed by atoms with Gasteiger partial charge in [-0.25, -0.2) is 0 Å². The summed E-state index contributed by atoms with van der Waals surface area (Å²) >= 11 is 0. The lowest BCUT2D eigenvalue weighted by molar-refractivity contribution is -0.135. The van der Waals surface area contributed by atoms with E-state index in [-0.39, 0.29) is 17.9 Å². The van der Waals surface area contributed by atoms with Gasteiger partial charge in [0, 0.05) is 19.5 Å². The van der Waals surface area contributed by atoms with E-state index in [2.05, 4.69) is 5.32 Å². The molecule has 0 spiro atoms. The van der Waals surface area contributed by atoms with Gasteiger partial charge in [0.2, 0.25) is 11.8 Å². The lowest BCUT2D eigenvalue weighted by Crippen LogP contribution is -2.45. The van der Waals surface area contributed by atoms with Crippen molar-refractivity contribution in [2.75, 3.05) is 13.1 Å². The minimum Gasteiger partial charge on any atom is -0.345 e. The molecule has 86 valence electrons. The molecule has 1 atom stereocenters. The fourth-order valence-corrected chi connectivity index (χ4v) is 1.81. The quantitative estimate of drug-likeness (QED) is 0.753. The second-order valence-corrected chi connectivity index (χ2v) is 4.07. The number of likely N-dealkylation sites (tertiary alicyclic amines) is 1. The summed E-state index contributed by atoms with van der Waals surface area (Å²) in [6.45, 7) is 5.39. The third-order valence-electron chi connectivity index (χ3n) is 2.64. The number of carbonyl (C=O) groups is 2. The van der Waals surface area contributed by atoms with Crippen LogP contribution < -0.4 is 5.32 Å². The molecule has 1 saturated heterocycles. The second kappa shape index (κ2) is 5.73. The normalized spacial score (nSPS) is 17.6. The van der Waals surface area contributed by atoms with Crippen molar-refractivity contribution in [1.82, 2.24) is 10.2 Å². The first-order valence-corrected chi connectivity index (χ1v) is 5.73. The Bertz CT molecular complexity index is 235. The molecule has 1 N–H and O–H groups in total. The Morgan fingerprint density at radius 1 is 1.33 bits per heavy atom. The number of rotatable bonds is 4. The zero-order chi connectivity index (χ0) is 11.3. The van der Waals surface area contributed by atoms with Gasteiger partial charge < -0.3 is 10.2 Å². The molecule has 15 heavy (non-hydrogen) atoms. The van der Waals surface area contributed by atoms with E-state index in [0.29, 0.717) is 6.42 Å². The highest BCUT2D eigenvalue weighted by molar-refractivity contribution is 5.87. The van der Waals surface area contributed by atoms with E-state index in [9.17, 15) is 9.59 Å². The summed E-state index contributed by atoms with van der Waals surface area (Å²) in [5, 5.41) is 2.73. The smallest absolute Gasteiger partial charge is 0.244 e. The Balaban J connectivity index is 2.35. The van der Waals surface area contributed by atoms with Crippen molar-refractivity contribution in [3.8, 4) is 0 Å². The van der Waals surface area contributed by atoms with Crippen LogP contribution in [-0.4, -0.2) is 35.8 Å². The number of hydrogen-bond acceptors (Lipinski definition) is 2. The topological polar surface area (TPSA) is 49.4 Å². The van der Waals surface area contributed by atoms with E-state index in [4.69, 9.17) is 0 Å². The molecule has 4 heteroatoms. The lowest BCUT2D eigenvalue weighted by atomic mass is 10.2. The van der Waals surface area contributed by atoms with Crippen LogP contribution in [0.25, 0.3) is 0 Å². The number of nitrogens with one attached hydrogen (secondary N) is 1. The first-order chi connectivity index (χ1) is 7.15. The molecule has 0 aromatic heterocycles. The summed E-state index contributed by atoms with van der Waals surface area (Å²) < 4.78 is 0. The van der Waals surface area contributed by atoms with Crippen molar-refractivity contribution in [2.24, 2.45) is 0 Å². The van der Waals surface area contributed by atoms with E-state index in [1.54, 1.807) is 6.92 Å². The molecule has 0 unspecified atom stereocenters. The Morgan fingerprint density at radius 2 is 1.93 bits per heavy atom. The molecule has 0 radical (unpaired) electrons. The Morgan fingerprint density at radius 3 is 2.47 bits per heavy atom. The average Bonchev–Trinajstić information content (AvgIpc) is 2.69. The van der Waals surface area contributed by atoms with Crippen LogP contribution in [0.2, 0.25) is 0 Å². The third-order valence-corrected chi connectivity index (χ3v) is 2.64. The highest BCUT2D eigenvalue weighted by atomic mass is 16.2. The molecular weight excluding hydrogens is 192 g/mol. The van der Waals surface area contributed by atoms with E-state index in [1.165, 1.54) is 0 Å². The molecule has 0 bridgehead atoms. The van der Waals surface area contributed by atoms with Gasteiger partial charge >= 0.3 is 0 Å². The van der Waals surface area contributed by atoms with Crippen LogP contribution in [-0.2, 0) is 9.59 Å².